The Morgan fingerprint density at radius 1 is 1.15 bits per heavy atom. The number of unbranched alkanes of at least 4 members (excludes halogenated alkanes) is 1. The van der Waals surface area contributed by atoms with Crippen LogP contribution in [0.2, 0.25) is 10.0 Å². The minimum Gasteiger partial charge on any atom is -0.492 e. The Hall–Kier alpha value is -0.480. The van der Waals surface area contributed by atoms with Gasteiger partial charge in [-0.3, -0.25) is 0 Å². The van der Waals surface area contributed by atoms with E-state index in [0.29, 0.717) is 29.2 Å². The van der Waals surface area contributed by atoms with Gasteiger partial charge >= 0.3 is 0 Å². The van der Waals surface area contributed by atoms with Gasteiger partial charge in [0.1, 0.15) is 5.75 Å². The molecule has 0 saturated heterocycles. The second-order valence-electron chi connectivity index (χ2n) is 4.96. The number of methoxy groups -OCH3 is 1. The maximum atomic E-state index is 6.23. The monoisotopic (exact) mass is 319 g/mol. The van der Waals surface area contributed by atoms with Crippen molar-refractivity contribution in [3.05, 3.63) is 27.7 Å². The zero-order valence-corrected chi connectivity index (χ0v) is 13.9. The Labute approximate surface area is 131 Å². The van der Waals surface area contributed by atoms with Gasteiger partial charge in [0.15, 0.2) is 0 Å². The van der Waals surface area contributed by atoms with Crippen molar-refractivity contribution in [3.63, 3.8) is 0 Å². The van der Waals surface area contributed by atoms with Crippen LogP contribution in [0.15, 0.2) is 12.1 Å². The lowest BCUT2D eigenvalue weighted by molar-refractivity contribution is 0.184. The minimum atomic E-state index is 0.391. The highest BCUT2D eigenvalue weighted by molar-refractivity contribution is 6.35. The maximum absolute atomic E-state index is 6.23. The highest BCUT2D eigenvalue weighted by Crippen LogP contribution is 2.32. The first-order chi connectivity index (χ1) is 9.54. The molecule has 0 bridgehead atoms. The molecule has 0 unspecified atom stereocenters. The van der Waals surface area contributed by atoms with Crippen molar-refractivity contribution in [2.75, 3.05) is 20.3 Å². The van der Waals surface area contributed by atoms with Crippen molar-refractivity contribution in [1.29, 1.82) is 0 Å². The third-order valence-electron chi connectivity index (χ3n) is 2.78. The summed E-state index contributed by atoms with van der Waals surface area (Å²) in [6.07, 6.45) is 1.91. The number of hydrogen-bond acceptors (Lipinski definition) is 3. The smallest absolute Gasteiger partial charge is 0.142 e. The van der Waals surface area contributed by atoms with Gasteiger partial charge < -0.3 is 14.8 Å². The van der Waals surface area contributed by atoms with Gasteiger partial charge in [-0.2, -0.15) is 0 Å². The van der Waals surface area contributed by atoms with E-state index in [1.165, 1.54) is 0 Å². The number of benzene rings is 1. The average molecular weight is 320 g/mol. The zero-order chi connectivity index (χ0) is 15.0. The molecule has 1 rings (SSSR count). The van der Waals surface area contributed by atoms with E-state index in [2.05, 4.69) is 19.2 Å². The van der Waals surface area contributed by atoms with Crippen LogP contribution >= 0.6 is 23.2 Å². The predicted molar refractivity (Wildman–Crippen MR) is 85.0 cm³/mol. The van der Waals surface area contributed by atoms with E-state index in [9.17, 15) is 0 Å². The molecule has 0 heterocycles. The fraction of sp³-hybridized carbons (Fsp3) is 0.600. The zero-order valence-electron chi connectivity index (χ0n) is 12.3. The Morgan fingerprint density at radius 2 is 1.85 bits per heavy atom. The van der Waals surface area contributed by atoms with Crippen LogP contribution in [0.25, 0.3) is 0 Å². The molecule has 0 aliphatic rings. The van der Waals surface area contributed by atoms with Gasteiger partial charge in [-0.1, -0.05) is 37.0 Å². The summed E-state index contributed by atoms with van der Waals surface area (Å²) < 4.78 is 10.8. The van der Waals surface area contributed by atoms with Gasteiger partial charge in [0.25, 0.3) is 0 Å². The first-order valence-electron chi connectivity index (χ1n) is 6.87. The van der Waals surface area contributed by atoms with E-state index in [1.54, 1.807) is 13.2 Å². The molecule has 0 amide bonds. The lowest BCUT2D eigenvalue weighted by Gasteiger charge is -2.15. The lowest BCUT2D eigenvalue weighted by Crippen LogP contribution is -2.22. The van der Waals surface area contributed by atoms with Crippen LogP contribution in [0.5, 0.6) is 5.75 Å². The molecule has 1 aromatic carbocycles. The summed E-state index contributed by atoms with van der Waals surface area (Å²) in [7, 11) is 1.70. The molecule has 0 aliphatic carbocycles. The molecule has 0 aliphatic heterocycles. The molecule has 1 N–H and O–H groups in total. The van der Waals surface area contributed by atoms with E-state index in [1.807, 2.05) is 6.07 Å². The van der Waals surface area contributed by atoms with E-state index in [0.717, 1.165) is 30.8 Å². The fourth-order valence-electron chi connectivity index (χ4n) is 1.74. The van der Waals surface area contributed by atoms with Gasteiger partial charge in [-0.15, -0.1) is 0 Å². The summed E-state index contributed by atoms with van der Waals surface area (Å²) in [5.74, 6) is 0.724. The van der Waals surface area contributed by atoms with Gasteiger partial charge in [0, 0.05) is 36.9 Å². The van der Waals surface area contributed by atoms with Crippen LogP contribution in [-0.4, -0.2) is 26.4 Å². The molecule has 20 heavy (non-hydrogen) atoms. The molecule has 3 nitrogen and oxygen atoms in total. The molecule has 0 saturated carbocycles. The summed E-state index contributed by atoms with van der Waals surface area (Å²) in [5.41, 5.74) is 0.989. The quantitative estimate of drug-likeness (QED) is 0.688. The second-order valence-corrected chi connectivity index (χ2v) is 5.80. The lowest BCUT2D eigenvalue weighted by atomic mass is 10.2. The van der Waals surface area contributed by atoms with Crippen LogP contribution in [0.4, 0.5) is 0 Å². The Bertz CT molecular complexity index is 411. The second kappa shape index (κ2) is 9.46. The Balaban J connectivity index is 2.66. The standard InChI is InChI=1S/C15H23Cl2NO2/c1-11(2)18-10-12-8-13(16)9-14(17)15(12)20-7-5-4-6-19-3/h8-9,11,18H,4-7,10H2,1-3H3. The summed E-state index contributed by atoms with van der Waals surface area (Å²) in [4.78, 5) is 0. The molecule has 0 atom stereocenters. The summed E-state index contributed by atoms with van der Waals surface area (Å²) in [6, 6.07) is 4.00. The molecule has 1 aromatic rings. The number of ether oxygens (including phenoxy) is 2. The van der Waals surface area contributed by atoms with Crippen molar-refractivity contribution < 1.29 is 9.47 Å². The summed E-state index contributed by atoms with van der Waals surface area (Å²) in [5, 5.41) is 4.54. The molecular formula is C15H23Cl2NO2. The third-order valence-corrected chi connectivity index (χ3v) is 3.27. The Kier molecular flexibility index (Phi) is 8.31. The van der Waals surface area contributed by atoms with Crippen LogP contribution < -0.4 is 10.1 Å². The third kappa shape index (κ3) is 6.31. The van der Waals surface area contributed by atoms with Crippen molar-refractivity contribution in [2.24, 2.45) is 0 Å². The van der Waals surface area contributed by atoms with E-state index in [4.69, 9.17) is 32.7 Å². The topological polar surface area (TPSA) is 30.5 Å². The molecule has 114 valence electrons. The number of rotatable bonds is 9. The average Bonchev–Trinajstić information content (AvgIpc) is 2.38. The van der Waals surface area contributed by atoms with Crippen molar-refractivity contribution in [2.45, 2.75) is 39.3 Å². The molecule has 0 aromatic heterocycles. The van der Waals surface area contributed by atoms with Crippen molar-refractivity contribution in [1.82, 2.24) is 5.32 Å². The highest BCUT2D eigenvalue weighted by Gasteiger charge is 2.11. The maximum Gasteiger partial charge on any atom is 0.142 e. The molecule has 0 radical (unpaired) electrons. The van der Waals surface area contributed by atoms with Crippen molar-refractivity contribution >= 4 is 23.2 Å². The van der Waals surface area contributed by atoms with E-state index in [-0.39, 0.29) is 0 Å². The highest BCUT2D eigenvalue weighted by atomic mass is 35.5. The van der Waals surface area contributed by atoms with Crippen molar-refractivity contribution in [3.8, 4) is 5.75 Å². The van der Waals surface area contributed by atoms with Crippen LogP contribution in [0.1, 0.15) is 32.3 Å². The first kappa shape index (κ1) is 17.6. The van der Waals surface area contributed by atoms with E-state index < -0.39 is 0 Å². The summed E-state index contributed by atoms with van der Waals surface area (Å²) >= 11 is 12.3. The minimum absolute atomic E-state index is 0.391. The Morgan fingerprint density at radius 3 is 2.50 bits per heavy atom. The molecule has 0 spiro atoms. The summed E-state index contributed by atoms with van der Waals surface area (Å²) in [6.45, 7) is 6.25. The van der Waals surface area contributed by atoms with Crippen LogP contribution in [-0.2, 0) is 11.3 Å². The number of nitrogens with one attached hydrogen (secondary N) is 1. The SMILES string of the molecule is COCCCCOc1c(Cl)cc(Cl)cc1CNC(C)C. The first-order valence-corrected chi connectivity index (χ1v) is 7.63. The van der Waals surface area contributed by atoms with Gasteiger partial charge in [-0.25, -0.2) is 0 Å². The van der Waals surface area contributed by atoms with Gasteiger partial charge in [-0.05, 0) is 25.0 Å². The normalized spacial score (nSPS) is 11.1. The predicted octanol–water partition coefficient (Wildman–Crippen LogP) is 4.30. The molecular weight excluding hydrogens is 297 g/mol. The van der Waals surface area contributed by atoms with Gasteiger partial charge in [0.2, 0.25) is 0 Å². The largest absolute Gasteiger partial charge is 0.492 e. The molecule has 5 heteroatoms. The van der Waals surface area contributed by atoms with E-state index >= 15 is 0 Å². The van der Waals surface area contributed by atoms with Crippen LogP contribution in [0, 0.1) is 0 Å². The molecule has 0 fully saturated rings. The fourth-order valence-corrected chi connectivity index (χ4v) is 2.33. The number of halogens is 2. The van der Waals surface area contributed by atoms with Crippen LogP contribution in [0.3, 0.4) is 0 Å². The van der Waals surface area contributed by atoms with Gasteiger partial charge in [0.05, 0.1) is 11.6 Å². The number of hydrogen-bond donors (Lipinski definition) is 1.